The van der Waals surface area contributed by atoms with E-state index in [1.54, 1.807) is 0 Å². The fourth-order valence-corrected chi connectivity index (χ4v) is 2.93. The SMILES string of the molecule is CCNCc1c(Cl)cccc1N1CCCC(C)(O)C1. The van der Waals surface area contributed by atoms with Crippen molar-refractivity contribution in [3.63, 3.8) is 0 Å². The van der Waals surface area contributed by atoms with Gasteiger partial charge in [0.15, 0.2) is 0 Å². The van der Waals surface area contributed by atoms with Crippen LogP contribution in [0.15, 0.2) is 18.2 Å². The van der Waals surface area contributed by atoms with Crippen LogP contribution in [0.3, 0.4) is 0 Å². The molecule has 2 N–H and O–H groups in total. The summed E-state index contributed by atoms with van der Waals surface area (Å²) in [6.45, 7) is 7.34. The van der Waals surface area contributed by atoms with Crippen LogP contribution in [-0.2, 0) is 6.54 Å². The number of nitrogens with zero attached hydrogens (tertiary/aromatic N) is 1. The van der Waals surface area contributed by atoms with Crippen molar-refractivity contribution in [2.45, 2.75) is 38.8 Å². The number of aliphatic hydroxyl groups is 1. The minimum absolute atomic E-state index is 0.601. The van der Waals surface area contributed by atoms with Crippen molar-refractivity contribution in [3.8, 4) is 0 Å². The van der Waals surface area contributed by atoms with E-state index in [1.165, 1.54) is 0 Å². The fourth-order valence-electron chi connectivity index (χ4n) is 2.69. The third-order valence-electron chi connectivity index (χ3n) is 3.66. The highest BCUT2D eigenvalue weighted by Crippen LogP contribution is 2.31. The van der Waals surface area contributed by atoms with Gasteiger partial charge in [-0.15, -0.1) is 0 Å². The standard InChI is InChI=1S/C15H23ClN2O/c1-3-17-10-12-13(16)6-4-7-14(12)18-9-5-8-15(2,19)11-18/h4,6-7,17,19H,3,5,8-11H2,1-2H3. The third-order valence-corrected chi connectivity index (χ3v) is 4.02. The summed E-state index contributed by atoms with van der Waals surface area (Å²) >= 11 is 6.33. The summed E-state index contributed by atoms with van der Waals surface area (Å²) in [5.41, 5.74) is 1.67. The number of hydrogen-bond donors (Lipinski definition) is 2. The van der Waals surface area contributed by atoms with Crippen LogP contribution in [-0.4, -0.2) is 30.3 Å². The molecule has 106 valence electrons. The average molecular weight is 283 g/mol. The van der Waals surface area contributed by atoms with Crippen molar-refractivity contribution in [2.75, 3.05) is 24.5 Å². The number of halogens is 1. The van der Waals surface area contributed by atoms with E-state index < -0.39 is 5.60 Å². The number of benzene rings is 1. The summed E-state index contributed by atoms with van der Waals surface area (Å²) in [7, 11) is 0. The van der Waals surface area contributed by atoms with Crippen molar-refractivity contribution in [3.05, 3.63) is 28.8 Å². The largest absolute Gasteiger partial charge is 0.388 e. The Kier molecular flexibility index (Phi) is 4.71. The fraction of sp³-hybridized carbons (Fsp3) is 0.600. The Morgan fingerprint density at radius 2 is 2.26 bits per heavy atom. The van der Waals surface area contributed by atoms with E-state index >= 15 is 0 Å². The van der Waals surface area contributed by atoms with Crippen LogP contribution in [0.5, 0.6) is 0 Å². The van der Waals surface area contributed by atoms with Gasteiger partial charge in [0.1, 0.15) is 0 Å². The lowest BCUT2D eigenvalue weighted by molar-refractivity contribution is 0.0449. The van der Waals surface area contributed by atoms with Gasteiger partial charge in [-0.05, 0) is 38.4 Å². The molecular weight excluding hydrogens is 260 g/mol. The van der Waals surface area contributed by atoms with Gasteiger partial charge >= 0.3 is 0 Å². The summed E-state index contributed by atoms with van der Waals surface area (Å²) in [6.07, 6.45) is 1.88. The summed E-state index contributed by atoms with van der Waals surface area (Å²) < 4.78 is 0. The van der Waals surface area contributed by atoms with Crippen molar-refractivity contribution in [2.24, 2.45) is 0 Å². The summed E-state index contributed by atoms with van der Waals surface area (Å²) in [5.74, 6) is 0. The van der Waals surface area contributed by atoms with E-state index in [-0.39, 0.29) is 0 Å². The molecule has 1 aliphatic heterocycles. The van der Waals surface area contributed by atoms with Crippen LogP contribution in [0.2, 0.25) is 5.02 Å². The van der Waals surface area contributed by atoms with Gasteiger partial charge in [0.25, 0.3) is 0 Å². The Bertz CT molecular complexity index is 434. The van der Waals surface area contributed by atoms with Gasteiger partial charge in [-0.3, -0.25) is 0 Å². The van der Waals surface area contributed by atoms with E-state index in [0.29, 0.717) is 6.54 Å². The van der Waals surface area contributed by atoms with Crippen molar-refractivity contribution in [1.82, 2.24) is 5.32 Å². The minimum Gasteiger partial charge on any atom is -0.388 e. The Morgan fingerprint density at radius 1 is 1.47 bits per heavy atom. The zero-order chi connectivity index (χ0) is 13.9. The topological polar surface area (TPSA) is 35.5 Å². The van der Waals surface area contributed by atoms with Crippen LogP contribution in [0.1, 0.15) is 32.3 Å². The second-order valence-corrected chi connectivity index (χ2v) is 5.95. The molecule has 1 atom stereocenters. The molecule has 0 radical (unpaired) electrons. The molecule has 0 aliphatic carbocycles. The summed E-state index contributed by atoms with van der Waals surface area (Å²) in [6, 6.07) is 6.01. The Morgan fingerprint density at radius 3 is 2.95 bits per heavy atom. The number of nitrogens with one attached hydrogen (secondary N) is 1. The highest BCUT2D eigenvalue weighted by Gasteiger charge is 2.29. The molecule has 3 nitrogen and oxygen atoms in total. The maximum absolute atomic E-state index is 10.3. The Labute approximate surface area is 120 Å². The van der Waals surface area contributed by atoms with Gasteiger partial charge in [-0.2, -0.15) is 0 Å². The maximum Gasteiger partial charge on any atom is 0.0794 e. The monoisotopic (exact) mass is 282 g/mol. The molecule has 1 aromatic carbocycles. The van der Waals surface area contributed by atoms with Crippen molar-refractivity contribution >= 4 is 17.3 Å². The summed E-state index contributed by atoms with van der Waals surface area (Å²) in [5, 5.41) is 14.4. The first-order valence-corrected chi connectivity index (χ1v) is 7.37. The first-order valence-electron chi connectivity index (χ1n) is 6.99. The molecule has 0 saturated carbocycles. The van der Waals surface area contributed by atoms with Crippen LogP contribution >= 0.6 is 11.6 Å². The second-order valence-electron chi connectivity index (χ2n) is 5.54. The lowest BCUT2D eigenvalue weighted by Crippen LogP contribution is -2.46. The molecule has 1 fully saturated rings. The molecule has 0 bridgehead atoms. The van der Waals surface area contributed by atoms with E-state index in [0.717, 1.165) is 48.7 Å². The predicted molar refractivity (Wildman–Crippen MR) is 80.9 cm³/mol. The molecule has 19 heavy (non-hydrogen) atoms. The van der Waals surface area contributed by atoms with Crippen LogP contribution in [0.4, 0.5) is 5.69 Å². The molecule has 0 aromatic heterocycles. The van der Waals surface area contributed by atoms with E-state index in [9.17, 15) is 5.11 Å². The van der Waals surface area contributed by atoms with Crippen molar-refractivity contribution in [1.29, 1.82) is 0 Å². The average Bonchev–Trinajstić information content (AvgIpc) is 2.36. The zero-order valence-electron chi connectivity index (χ0n) is 11.7. The molecule has 1 heterocycles. The first-order chi connectivity index (χ1) is 9.03. The van der Waals surface area contributed by atoms with Crippen LogP contribution in [0, 0.1) is 0 Å². The quantitative estimate of drug-likeness (QED) is 0.891. The minimum atomic E-state index is -0.601. The number of anilines is 1. The number of piperidine rings is 1. The normalized spacial score (nSPS) is 23.7. The highest BCUT2D eigenvalue weighted by molar-refractivity contribution is 6.31. The molecule has 2 rings (SSSR count). The Hall–Kier alpha value is -0.770. The third kappa shape index (κ3) is 3.62. The summed E-state index contributed by atoms with van der Waals surface area (Å²) in [4.78, 5) is 2.25. The molecule has 0 spiro atoms. The van der Waals surface area contributed by atoms with Crippen molar-refractivity contribution < 1.29 is 5.11 Å². The van der Waals surface area contributed by atoms with E-state index in [2.05, 4.69) is 23.2 Å². The Balaban J connectivity index is 2.25. The molecule has 0 amide bonds. The van der Waals surface area contributed by atoms with Gasteiger partial charge in [-0.1, -0.05) is 24.6 Å². The van der Waals surface area contributed by atoms with Crippen LogP contribution < -0.4 is 10.2 Å². The molecular formula is C15H23ClN2O. The number of rotatable bonds is 4. The lowest BCUT2D eigenvalue weighted by atomic mass is 9.94. The molecule has 1 aliphatic rings. The smallest absolute Gasteiger partial charge is 0.0794 e. The van der Waals surface area contributed by atoms with Gasteiger partial charge in [0.2, 0.25) is 0 Å². The first kappa shape index (κ1) is 14.6. The van der Waals surface area contributed by atoms with Gasteiger partial charge in [0, 0.05) is 35.9 Å². The molecule has 1 aromatic rings. The maximum atomic E-state index is 10.3. The zero-order valence-corrected chi connectivity index (χ0v) is 12.5. The number of hydrogen-bond acceptors (Lipinski definition) is 3. The predicted octanol–water partition coefficient (Wildman–Crippen LogP) is 2.80. The van der Waals surface area contributed by atoms with Crippen LogP contribution in [0.25, 0.3) is 0 Å². The molecule has 1 unspecified atom stereocenters. The highest BCUT2D eigenvalue weighted by atomic mass is 35.5. The number of β-amino-alcohol motifs (C(OH)–C–C–N with tert-alkyl or cyclic N) is 1. The van der Waals surface area contributed by atoms with Gasteiger partial charge in [-0.25, -0.2) is 0 Å². The molecule has 4 heteroatoms. The van der Waals surface area contributed by atoms with Gasteiger partial charge < -0.3 is 15.3 Å². The van der Waals surface area contributed by atoms with Gasteiger partial charge in [0.05, 0.1) is 5.60 Å². The molecule has 1 saturated heterocycles. The van der Waals surface area contributed by atoms with E-state index in [4.69, 9.17) is 11.6 Å². The van der Waals surface area contributed by atoms with E-state index in [1.807, 2.05) is 19.1 Å². The second kappa shape index (κ2) is 6.12. The lowest BCUT2D eigenvalue weighted by Gasteiger charge is -2.39.